The molecular formula is C13H17NO2S. The van der Waals surface area contributed by atoms with Crippen LogP contribution in [0.25, 0.3) is 6.08 Å². The summed E-state index contributed by atoms with van der Waals surface area (Å²) in [6.45, 7) is 2.81. The molecule has 1 aliphatic heterocycles. The van der Waals surface area contributed by atoms with Crippen molar-refractivity contribution in [1.82, 2.24) is 5.32 Å². The smallest absolute Gasteiger partial charge is 0.244 e. The molecule has 92 valence electrons. The van der Waals surface area contributed by atoms with Crippen LogP contribution in [0.2, 0.25) is 0 Å². The van der Waals surface area contributed by atoms with E-state index in [1.807, 2.05) is 30.5 Å². The molecule has 17 heavy (non-hydrogen) atoms. The Morgan fingerprint density at radius 3 is 3.24 bits per heavy atom. The van der Waals surface area contributed by atoms with Gasteiger partial charge in [-0.15, -0.1) is 11.3 Å². The fraction of sp³-hybridized carbons (Fsp3) is 0.462. The number of carbonyl (C=O) groups is 1. The topological polar surface area (TPSA) is 38.3 Å². The average Bonchev–Trinajstić information content (AvgIpc) is 2.99. The molecule has 1 aromatic heterocycles. The summed E-state index contributed by atoms with van der Waals surface area (Å²) in [6, 6.07) is 4.04. The average molecular weight is 251 g/mol. The number of hydrogen-bond acceptors (Lipinski definition) is 3. The van der Waals surface area contributed by atoms with Gasteiger partial charge in [-0.05, 0) is 37.3 Å². The quantitative estimate of drug-likeness (QED) is 0.835. The van der Waals surface area contributed by atoms with E-state index in [1.165, 1.54) is 0 Å². The lowest BCUT2D eigenvalue weighted by Crippen LogP contribution is -2.39. The zero-order chi connectivity index (χ0) is 12.1. The molecule has 2 heterocycles. The van der Waals surface area contributed by atoms with Gasteiger partial charge < -0.3 is 10.1 Å². The molecule has 2 unspecified atom stereocenters. The third kappa shape index (κ3) is 3.68. The van der Waals surface area contributed by atoms with Crippen molar-refractivity contribution < 1.29 is 9.53 Å². The molecule has 3 nitrogen and oxygen atoms in total. The zero-order valence-electron chi connectivity index (χ0n) is 9.89. The van der Waals surface area contributed by atoms with Gasteiger partial charge >= 0.3 is 0 Å². The Morgan fingerprint density at radius 1 is 1.71 bits per heavy atom. The second-order valence-electron chi connectivity index (χ2n) is 4.20. The number of nitrogens with one attached hydrogen (secondary N) is 1. The minimum Gasteiger partial charge on any atom is -0.376 e. The molecule has 1 amide bonds. The third-order valence-electron chi connectivity index (χ3n) is 2.83. The maximum absolute atomic E-state index is 11.7. The predicted octanol–water partition coefficient (Wildman–Crippen LogP) is 2.45. The molecule has 2 atom stereocenters. The molecule has 1 aromatic rings. The van der Waals surface area contributed by atoms with E-state index in [4.69, 9.17) is 4.74 Å². The van der Waals surface area contributed by atoms with E-state index in [2.05, 4.69) is 5.32 Å². The molecule has 4 heteroatoms. The third-order valence-corrected chi connectivity index (χ3v) is 3.67. The predicted molar refractivity (Wildman–Crippen MR) is 69.9 cm³/mol. The van der Waals surface area contributed by atoms with Crippen molar-refractivity contribution in [2.24, 2.45) is 0 Å². The minimum absolute atomic E-state index is 0.0543. The van der Waals surface area contributed by atoms with E-state index >= 15 is 0 Å². The summed E-state index contributed by atoms with van der Waals surface area (Å²) >= 11 is 1.62. The van der Waals surface area contributed by atoms with Gasteiger partial charge in [-0.25, -0.2) is 0 Å². The summed E-state index contributed by atoms with van der Waals surface area (Å²) in [5.41, 5.74) is 0. The van der Waals surface area contributed by atoms with Crippen LogP contribution in [0.3, 0.4) is 0 Å². The first-order valence-corrected chi connectivity index (χ1v) is 6.77. The Morgan fingerprint density at radius 2 is 2.59 bits per heavy atom. The van der Waals surface area contributed by atoms with Crippen LogP contribution >= 0.6 is 11.3 Å². The minimum atomic E-state index is -0.0543. The second kappa shape index (κ2) is 5.98. The van der Waals surface area contributed by atoms with Gasteiger partial charge in [0, 0.05) is 17.6 Å². The lowest BCUT2D eigenvalue weighted by atomic mass is 10.1. The van der Waals surface area contributed by atoms with E-state index in [0.717, 1.165) is 24.3 Å². The summed E-state index contributed by atoms with van der Waals surface area (Å²) in [4.78, 5) is 12.7. The number of carbonyl (C=O) groups excluding carboxylic acids is 1. The lowest BCUT2D eigenvalue weighted by molar-refractivity contribution is -0.117. The molecule has 0 aliphatic carbocycles. The molecule has 1 N–H and O–H groups in total. The summed E-state index contributed by atoms with van der Waals surface area (Å²) < 4.78 is 5.53. The van der Waals surface area contributed by atoms with Gasteiger partial charge in [-0.1, -0.05) is 6.07 Å². The van der Waals surface area contributed by atoms with Crippen molar-refractivity contribution in [3.63, 3.8) is 0 Å². The van der Waals surface area contributed by atoms with Gasteiger partial charge in [0.05, 0.1) is 12.1 Å². The number of thiophene rings is 1. The van der Waals surface area contributed by atoms with Crippen LogP contribution in [-0.2, 0) is 9.53 Å². The van der Waals surface area contributed by atoms with Gasteiger partial charge in [0.2, 0.25) is 5.91 Å². The SMILES string of the molecule is CC(NC(=O)C=Cc1cccs1)C1CCCO1. The van der Waals surface area contributed by atoms with Crippen LogP contribution in [0.15, 0.2) is 23.6 Å². The summed E-state index contributed by atoms with van der Waals surface area (Å²) in [6.07, 6.45) is 5.72. The van der Waals surface area contributed by atoms with Crippen molar-refractivity contribution in [3.8, 4) is 0 Å². The molecule has 0 aromatic carbocycles. The van der Waals surface area contributed by atoms with E-state index in [0.29, 0.717) is 0 Å². The van der Waals surface area contributed by atoms with E-state index in [-0.39, 0.29) is 18.1 Å². The van der Waals surface area contributed by atoms with Crippen molar-refractivity contribution in [1.29, 1.82) is 0 Å². The molecule has 1 aliphatic rings. The van der Waals surface area contributed by atoms with Gasteiger partial charge in [0.15, 0.2) is 0 Å². The highest BCUT2D eigenvalue weighted by Gasteiger charge is 2.22. The first kappa shape index (κ1) is 12.3. The molecule has 2 rings (SSSR count). The highest BCUT2D eigenvalue weighted by atomic mass is 32.1. The lowest BCUT2D eigenvalue weighted by Gasteiger charge is -2.18. The summed E-state index contributed by atoms with van der Waals surface area (Å²) in [5, 5.41) is 4.93. The Kier molecular flexibility index (Phi) is 4.34. The van der Waals surface area contributed by atoms with Gasteiger partial charge in [-0.3, -0.25) is 4.79 Å². The molecule has 0 radical (unpaired) electrons. The molecule has 0 spiro atoms. The largest absolute Gasteiger partial charge is 0.376 e. The number of rotatable bonds is 4. The van der Waals surface area contributed by atoms with Gasteiger partial charge in [0.1, 0.15) is 0 Å². The fourth-order valence-corrected chi connectivity index (χ4v) is 2.52. The highest BCUT2D eigenvalue weighted by molar-refractivity contribution is 7.10. The maximum Gasteiger partial charge on any atom is 0.244 e. The van der Waals surface area contributed by atoms with Gasteiger partial charge in [0.25, 0.3) is 0 Å². The molecule has 0 saturated carbocycles. The Labute approximate surface area is 105 Å². The van der Waals surface area contributed by atoms with Crippen molar-refractivity contribution in [2.75, 3.05) is 6.61 Å². The fourth-order valence-electron chi connectivity index (χ4n) is 1.91. The van der Waals surface area contributed by atoms with Crippen LogP contribution in [0.1, 0.15) is 24.6 Å². The van der Waals surface area contributed by atoms with Crippen molar-refractivity contribution in [3.05, 3.63) is 28.5 Å². The molecule has 0 bridgehead atoms. The normalized spacial score (nSPS) is 21.8. The first-order valence-electron chi connectivity index (χ1n) is 5.89. The van der Waals surface area contributed by atoms with Gasteiger partial charge in [-0.2, -0.15) is 0 Å². The first-order chi connectivity index (χ1) is 8.25. The molecular weight excluding hydrogens is 234 g/mol. The van der Waals surface area contributed by atoms with Crippen LogP contribution in [0.4, 0.5) is 0 Å². The number of amides is 1. The second-order valence-corrected chi connectivity index (χ2v) is 5.18. The van der Waals surface area contributed by atoms with Crippen LogP contribution < -0.4 is 5.32 Å². The van der Waals surface area contributed by atoms with Crippen LogP contribution in [0.5, 0.6) is 0 Å². The molecule has 1 saturated heterocycles. The Hall–Kier alpha value is -1.13. The summed E-state index contributed by atoms with van der Waals surface area (Å²) in [7, 11) is 0. The maximum atomic E-state index is 11.7. The van der Waals surface area contributed by atoms with Crippen LogP contribution in [0, 0.1) is 0 Å². The monoisotopic (exact) mass is 251 g/mol. The molecule has 1 fully saturated rings. The van der Waals surface area contributed by atoms with E-state index in [1.54, 1.807) is 17.4 Å². The number of ether oxygens (including phenoxy) is 1. The van der Waals surface area contributed by atoms with E-state index < -0.39 is 0 Å². The summed E-state index contributed by atoms with van der Waals surface area (Å²) in [5.74, 6) is -0.0543. The Bertz CT molecular complexity index is 380. The van der Waals surface area contributed by atoms with Crippen molar-refractivity contribution in [2.45, 2.75) is 31.9 Å². The Balaban J connectivity index is 1.80. The zero-order valence-corrected chi connectivity index (χ0v) is 10.7. The standard InChI is InChI=1S/C13H17NO2S/c1-10(12-5-2-8-16-12)14-13(15)7-6-11-4-3-9-17-11/h3-4,6-7,9-10,12H,2,5,8H2,1H3,(H,14,15). The van der Waals surface area contributed by atoms with Crippen LogP contribution in [-0.4, -0.2) is 24.7 Å². The number of hydrogen-bond donors (Lipinski definition) is 1. The van der Waals surface area contributed by atoms with E-state index in [9.17, 15) is 4.79 Å². The highest BCUT2D eigenvalue weighted by Crippen LogP contribution is 2.15. The van der Waals surface area contributed by atoms with Crippen molar-refractivity contribution >= 4 is 23.3 Å².